The van der Waals surface area contributed by atoms with Crippen LogP contribution in [-0.2, 0) is 6.54 Å². The van der Waals surface area contributed by atoms with Crippen LogP contribution in [-0.4, -0.2) is 18.3 Å². The smallest absolute Gasteiger partial charge is 0.167 e. The van der Waals surface area contributed by atoms with Crippen molar-refractivity contribution in [3.05, 3.63) is 36.0 Å². The van der Waals surface area contributed by atoms with E-state index in [2.05, 4.69) is 10.5 Å². The van der Waals surface area contributed by atoms with E-state index >= 15 is 0 Å². The molecule has 1 N–H and O–H groups in total. The zero-order valence-electron chi connectivity index (χ0n) is 10.3. The van der Waals surface area contributed by atoms with Gasteiger partial charge in [0, 0.05) is 24.2 Å². The lowest BCUT2D eigenvalue weighted by atomic mass is 10.1. The second-order valence-corrected chi connectivity index (χ2v) is 4.57. The number of aromatic nitrogens is 1. The first-order valence-corrected chi connectivity index (χ1v) is 6.18. The molecule has 0 atom stereocenters. The van der Waals surface area contributed by atoms with Gasteiger partial charge in [-0.1, -0.05) is 17.3 Å². The van der Waals surface area contributed by atoms with Crippen LogP contribution in [0.1, 0.15) is 18.5 Å². The van der Waals surface area contributed by atoms with Crippen molar-refractivity contribution in [1.82, 2.24) is 10.5 Å². The third kappa shape index (κ3) is 2.54. The third-order valence-corrected chi connectivity index (χ3v) is 3.06. The predicted octanol–water partition coefficient (Wildman–Crippen LogP) is 2.60. The van der Waals surface area contributed by atoms with Gasteiger partial charge >= 0.3 is 0 Å². The second-order valence-electron chi connectivity index (χ2n) is 4.57. The molecule has 1 heterocycles. The van der Waals surface area contributed by atoms with E-state index in [0.717, 1.165) is 29.3 Å². The van der Waals surface area contributed by atoms with Gasteiger partial charge in [0.2, 0.25) is 0 Å². The average molecular weight is 244 g/mol. The zero-order chi connectivity index (χ0) is 12.4. The molecule has 0 bridgehead atoms. The molecule has 18 heavy (non-hydrogen) atoms. The van der Waals surface area contributed by atoms with Crippen LogP contribution >= 0.6 is 0 Å². The summed E-state index contributed by atoms with van der Waals surface area (Å²) in [4.78, 5) is 0. The van der Waals surface area contributed by atoms with Crippen molar-refractivity contribution in [2.45, 2.75) is 25.4 Å². The third-order valence-electron chi connectivity index (χ3n) is 3.06. The van der Waals surface area contributed by atoms with Crippen LogP contribution in [0.4, 0.5) is 0 Å². The minimum absolute atomic E-state index is 0.682. The Morgan fingerprint density at radius 3 is 3.06 bits per heavy atom. The van der Waals surface area contributed by atoms with Crippen molar-refractivity contribution >= 4 is 0 Å². The van der Waals surface area contributed by atoms with Gasteiger partial charge in [0.25, 0.3) is 0 Å². The summed E-state index contributed by atoms with van der Waals surface area (Å²) in [6.07, 6.45) is 2.56. The van der Waals surface area contributed by atoms with E-state index in [4.69, 9.17) is 9.26 Å². The van der Waals surface area contributed by atoms with E-state index in [1.807, 2.05) is 30.3 Å². The van der Waals surface area contributed by atoms with E-state index < -0.39 is 0 Å². The molecule has 0 spiro atoms. The molecule has 2 aromatic rings. The highest BCUT2D eigenvalue weighted by molar-refractivity contribution is 5.59. The van der Waals surface area contributed by atoms with Gasteiger partial charge in [-0.05, 0) is 25.0 Å². The van der Waals surface area contributed by atoms with Gasteiger partial charge in [0.1, 0.15) is 5.75 Å². The molecule has 4 heteroatoms. The monoisotopic (exact) mass is 244 g/mol. The fourth-order valence-corrected chi connectivity index (χ4v) is 1.84. The topological polar surface area (TPSA) is 47.3 Å². The first-order valence-electron chi connectivity index (χ1n) is 6.18. The zero-order valence-corrected chi connectivity index (χ0v) is 10.3. The van der Waals surface area contributed by atoms with Crippen molar-refractivity contribution < 1.29 is 9.26 Å². The van der Waals surface area contributed by atoms with Crippen molar-refractivity contribution in [2.75, 3.05) is 7.11 Å². The summed E-state index contributed by atoms with van der Waals surface area (Å²) in [5.74, 6) is 1.60. The number of methoxy groups -OCH3 is 1. The minimum Gasteiger partial charge on any atom is -0.497 e. The van der Waals surface area contributed by atoms with Gasteiger partial charge in [-0.2, -0.15) is 0 Å². The number of hydrogen-bond acceptors (Lipinski definition) is 4. The first-order chi connectivity index (χ1) is 8.85. The molecule has 0 amide bonds. The van der Waals surface area contributed by atoms with Gasteiger partial charge < -0.3 is 14.6 Å². The molecule has 1 aromatic heterocycles. The molecule has 4 nitrogen and oxygen atoms in total. The molecule has 1 fully saturated rings. The Bertz CT molecular complexity index is 532. The minimum atomic E-state index is 0.682. The van der Waals surface area contributed by atoms with Crippen LogP contribution in [0.3, 0.4) is 0 Å². The lowest BCUT2D eigenvalue weighted by Gasteiger charge is -2.00. The predicted molar refractivity (Wildman–Crippen MR) is 68.4 cm³/mol. The Morgan fingerprint density at radius 1 is 1.39 bits per heavy atom. The van der Waals surface area contributed by atoms with Crippen molar-refractivity contribution in [3.8, 4) is 17.1 Å². The largest absolute Gasteiger partial charge is 0.497 e. The SMILES string of the molecule is COc1cccc(-c2cc(CNC3CC3)no2)c1. The number of ether oxygens (including phenoxy) is 1. The Morgan fingerprint density at radius 2 is 2.28 bits per heavy atom. The highest BCUT2D eigenvalue weighted by Crippen LogP contribution is 2.25. The van der Waals surface area contributed by atoms with Gasteiger partial charge in [-0.3, -0.25) is 0 Å². The first kappa shape index (κ1) is 11.3. The molecular weight excluding hydrogens is 228 g/mol. The van der Waals surface area contributed by atoms with Crippen LogP contribution in [0.15, 0.2) is 34.9 Å². The molecule has 0 unspecified atom stereocenters. The van der Waals surface area contributed by atoms with E-state index in [-0.39, 0.29) is 0 Å². The number of hydrogen-bond donors (Lipinski definition) is 1. The highest BCUT2D eigenvalue weighted by Gasteiger charge is 2.20. The standard InChI is InChI=1S/C14H16N2O2/c1-17-13-4-2-3-10(7-13)14-8-12(16-18-14)9-15-11-5-6-11/h2-4,7-8,11,15H,5-6,9H2,1H3. The lowest BCUT2D eigenvalue weighted by molar-refractivity contribution is 0.411. The number of rotatable bonds is 5. The Hall–Kier alpha value is -1.81. The van der Waals surface area contributed by atoms with Gasteiger partial charge in [0.15, 0.2) is 5.76 Å². The Labute approximate surface area is 106 Å². The number of nitrogens with one attached hydrogen (secondary N) is 1. The number of benzene rings is 1. The van der Waals surface area contributed by atoms with Crippen molar-refractivity contribution in [2.24, 2.45) is 0 Å². The van der Waals surface area contributed by atoms with E-state index in [1.54, 1.807) is 7.11 Å². The normalized spacial score (nSPS) is 14.7. The Kier molecular flexibility index (Phi) is 3.02. The molecule has 1 aliphatic rings. The van der Waals surface area contributed by atoms with E-state index in [1.165, 1.54) is 12.8 Å². The number of nitrogens with zero attached hydrogens (tertiary/aromatic N) is 1. The van der Waals surface area contributed by atoms with Crippen LogP contribution in [0.5, 0.6) is 5.75 Å². The molecule has 1 aliphatic carbocycles. The summed E-state index contributed by atoms with van der Waals surface area (Å²) in [6, 6.07) is 10.4. The summed E-state index contributed by atoms with van der Waals surface area (Å²) in [5.41, 5.74) is 1.93. The fraction of sp³-hybridized carbons (Fsp3) is 0.357. The Balaban J connectivity index is 1.74. The molecule has 1 aromatic carbocycles. The quantitative estimate of drug-likeness (QED) is 0.878. The molecule has 0 radical (unpaired) electrons. The van der Waals surface area contributed by atoms with Crippen LogP contribution in [0, 0.1) is 0 Å². The van der Waals surface area contributed by atoms with Crippen LogP contribution in [0.25, 0.3) is 11.3 Å². The van der Waals surface area contributed by atoms with Crippen LogP contribution < -0.4 is 10.1 Å². The summed E-state index contributed by atoms with van der Waals surface area (Å²) in [5, 5.41) is 7.48. The molecule has 0 aliphatic heterocycles. The van der Waals surface area contributed by atoms with Crippen molar-refractivity contribution in [3.63, 3.8) is 0 Å². The molecule has 94 valence electrons. The second kappa shape index (κ2) is 4.82. The summed E-state index contributed by atoms with van der Waals surface area (Å²) < 4.78 is 10.6. The molecule has 1 saturated carbocycles. The van der Waals surface area contributed by atoms with Crippen molar-refractivity contribution in [1.29, 1.82) is 0 Å². The summed E-state index contributed by atoms with van der Waals surface area (Å²) >= 11 is 0. The maximum absolute atomic E-state index is 5.36. The van der Waals surface area contributed by atoms with E-state index in [0.29, 0.717) is 6.04 Å². The molecule has 0 saturated heterocycles. The van der Waals surface area contributed by atoms with Gasteiger partial charge in [-0.25, -0.2) is 0 Å². The summed E-state index contributed by atoms with van der Waals surface area (Å²) in [6.45, 7) is 0.776. The van der Waals surface area contributed by atoms with Gasteiger partial charge in [-0.15, -0.1) is 0 Å². The van der Waals surface area contributed by atoms with E-state index in [9.17, 15) is 0 Å². The maximum atomic E-state index is 5.36. The van der Waals surface area contributed by atoms with Crippen LogP contribution in [0.2, 0.25) is 0 Å². The summed E-state index contributed by atoms with van der Waals surface area (Å²) in [7, 11) is 1.66. The average Bonchev–Trinajstić information content (AvgIpc) is 3.13. The maximum Gasteiger partial charge on any atom is 0.167 e. The highest BCUT2D eigenvalue weighted by atomic mass is 16.5. The lowest BCUT2D eigenvalue weighted by Crippen LogP contribution is -2.15. The molecular formula is C14H16N2O2. The molecule has 3 rings (SSSR count). The fourth-order valence-electron chi connectivity index (χ4n) is 1.84. The van der Waals surface area contributed by atoms with Gasteiger partial charge in [0.05, 0.1) is 12.8 Å².